The van der Waals surface area contributed by atoms with Gasteiger partial charge in [-0.2, -0.15) is 0 Å². The van der Waals surface area contributed by atoms with Crippen molar-refractivity contribution in [2.24, 2.45) is 28.6 Å². The Morgan fingerprint density at radius 2 is 1.96 bits per heavy atom. The van der Waals surface area contributed by atoms with E-state index in [0.29, 0.717) is 24.8 Å². The molecule has 0 heterocycles. The van der Waals surface area contributed by atoms with Crippen LogP contribution in [0.25, 0.3) is 0 Å². The highest BCUT2D eigenvalue weighted by molar-refractivity contribution is 6.01. The lowest BCUT2D eigenvalue weighted by atomic mass is 9.45. The molecule has 4 rings (SSSR count). The zero-order valence-electron chi connectivity index (χ0n) is 15.9. The van der Waals surface area contributed by atoms with Crippen molar-refractivity contribution in [1.82, 2.24) is 0 Å². The van der Waals surface area contributed by atoms with Crippen molar-refractivity contribution in [3.63, 3.8) is 0 Å². The molecular formula is C21H27FO5. The topological polar surface area (TPSA) is 94.8 Å². The first-order valence-corrected chi connectivity index (χ1v) is 9.70. The number of hydrogen-bond donors (Lipinski definition) is 3. The van der Waals surface area contributed by atoms with Crippen LogP contribution in [0.5, 0.6) is 0 Å². The Morgan fingerprint density at radius 3 is 2.59 bits per heavy atom. The van der Waals surface area contributed by atoms with Crippen LogP contribution in [-0.4, -0.2) is 44.4 Å². The van der Waals surface area contributed by atoms with Crippen molar-refractivity contribution >= 4 is 11.8 Å². The van der Waals surface area contributed by atoms with Gasteiger partial charge in [0.1, 0.15) is 0 Å². The lowest BCUT2D eigenvalue weighted by Gasteiger charge is -2.62. The molecule has 8 atom stereocenters. The molecule has 0 saturated heterocycles. The number of rotatable bonds is 1. The van der Waals surface area contributed by atoms with Crippen LogP contribution in [0.4, 0.5) is 4.39 Å². The van der Waals surface area contributed by atoms with E-state index in [9.17, 15) is 24.9 Å². The minimum Gasteiger partial charge on any atom is -0.479 e. The minimum atomic E-state index is -2.00. The number of carboxylic acids is 1. The summed E-state index contributed by atoms with van der Waals surface area (Å²) in [5.74, 6) is -2.94. The highest BCUT2D eigenvalue weighted by Crippen LogP contribution is 2.70. The summed E-state index contributed by atoms with van der Waals surface area (Å²) in [5.41, 5.74) is -5.51. The van der Waals surface area contributed by atoms with E-state index in [4.69, 9.17) is 0 Å². The van der Waals surface area contributed by atoms with Gasteiger partial charge >= 0.3 is 5.97 Å². The maximum atomic E-state index is 16.8. The summed E-state index contributed by atoms with van der Waals surface area (Å²) >= 11 is 0. The Kier molecular flexibility index (Phi) is 3.69. The van der Waals surface area contributed by atoms with E-state index >= 15 is 4.39 Å². The standard InChI is InChI=1S/C21H27FO5/c1-11-8-15-14-5-4-12-9-13(23)6-7-18(12,2)20(14,22)16(24)10-19(15,3)21(11,27)17(25)26/h6-7,9,11,14-16,24,27H,4-5,8,10H2,1-3H3,(H,25,26)/t11-,14+,15+,16+,18+,19+,20+,21+/m1/s1. The maximum Gasteiger partial charge on any atom is 0.336 e. The second kappa shape index (κ2) is 5.29. The van der Waals surface area contributed by atoms with Gasteiger partial charge in [0.2, 0.25) is 0 Å². The smallest absolute Gasteiger partial charge is 0.336 e. The summed E-state index contributed by atoms with van der Waals surface area (Å²) in [7, 11) is 0. The number of allylic oxidation sites excluding steroid dienone is 4. The average Bonchev–Trinajstić information content (AvgIpc) is 2.79. The lowest BCUT2D eigenvalue weighted by Crippen LogP contribution is -2.69. The third-order valence-corrected chi connectivity index (χ3v) is 8.55. The fourth-order valence-corrected chi connectivity index (χ4v) is 7.00. The molecule has 4 aliphatic carbocycles. The van der Waals surface area contributed by atoms with Gasteiger partial charge in [0.15, 0.2) is 17.1 Å². The SMILES string of the molecule is C[C@@H]1C[C@H]2[C@@H]3CCC4=CC(=O)C=C[C@]4(C)[C@@]3(F)[C@@H](O)C[C@]2(C)[C@@]1(O)C(=O)O. The van der Waals surface area contributed by atoms with E-state index in [0.717, 1.165) is 0 Å². The van der Waals surface area contributed by atoms with Crippen LogP contribution < -0.4 is 0 Å². The average molecular weight is 378 g/mol. The lowest BCUT2D eigenvalue weighted by molar-refractivity contribution is -0.225. The van der Waals surface area contributed by atoms with Gasteiger partial charge in [0, 0.05) is 16.7 Å². The highest BCUT2D eigenvalue weighted by atomic mass is 19.1. The number of ketones is 1. The van der Waals surface area contributed by atoms with Crippen molar-refractivity contribution < 1.29 is 29.3 Å². The molecule has 3 N–H and O–H groups in total. The molecule has 0 amide bonds. The molecule has 0 aromatic heterocycles. The molecule has 0 aliphatic heterocycles. The van der Waals surface area contributed by atoms with Gasteiger partial charge in [0.05, 0.1) is 6.10 Å². The molecule has 0 unspecified atom stereocenters. The second-order valence-corrected chi connectivity index (χ2v) is 9.47. The third-order valence-electron chi connectivity index (χ3n) is 8.55. The number of aliphatic hydroxyl groups is 2. The fraction of sp³-hybridized carbons (Fsp3) is 0.714. The summed E-state index contributed by atoms with van der Waals surface area (Å²) < 4.78 is 16.8. The Balaban J connectivity index is 1.85. The van der Waals surface area contributed by atoms with Crippen molar-refractivity contribution in [3.05, 3.63) is 23.8 Å². The molecule has 0 bridgehead atoms. The maximum absolute atomic E-state index is 16.8. The van der Waals surface area contributed by atoms with E-state index in [1.54, 1.807) is 26.8 Å². The molecule has 6 heteroatoms. The van der Waals surface area contributed by atoms with E-state index in [1.165, 1.54) is 12.2 Å². The predicted octanol–water partition coefficient (Wildman–Crippen LogP) is 2.42. The first-order chi connectivity index (χ1) is 12.4. The monoisotopic (exact) mass is 378 g/mol. The van der Waals surface area contributed by atoms with Crippen molar-refractivity contribution in [2.75, 3.05) is 0 Å². The van der Waals surface area contributed by atoms with E-state index < -0.39 is 46.0 Å². The molecule has 0 radical (unpaired) electrons. The summed E-state index contributed by atoms with van der Waals surface area (Å²) in [6.45, 7) is 5.10. The molecule has 4 aliphatic rings. The van der Waals surface area contributed by atoms with Gasteiger partial charge in [0.25, 0.3) is 0 Å². The molecule has 148 valence electrons. The predicted molar refractivity (Wildman–Crippen MR) is 95.5 cm³/mol. The van der Waals surface area contributed by atoms with E-state index in [1.807, 2.05) is 0 Å². The first-order valence-electron chi connectivity index (χ1n) is 9.70. The Labute approximate surface area is 158 Å². The van der Waals surface area contributed by atoms with Gasteiger partial charge < -0.3 is 15.3 Å². The number of fused-ring (bicyclic) bond motifs is 5. The van der Waals surface area contributed by atoms with Crippen molar-refractivity contribution in [3.8, 4) is 0 Å². The van der Waals surface area contributed by atoms with Crippen LogP contribution in [0.1, 0.15) is 46.5 Å². The van der Waals surface area contributed by atoms with Crippen LogP contribution in [0.15, 0.2) is 23.8 Å². The number of halogens is 1. The quantitative estimate of drug-likeness (QED) is 0.651. The third kappa shape index (κ3) is 1.91. The zero-order valence-corrected chi connectivity index (χ0v) is 15.9. The molecule has 27 heavy (non-hydrogen) atoms. The van der Waals surface area contributed by atoms with Crippen LogP contribution in [0.2, 0.25) is 0 Å². The number of aliphatic carboxylic acids is 1. The zero-order chi connectivity index (χ0) is 20.0. The van der Waals surface area contributed by atoms with Crippen LogP contribution in [-0.2, 0) is 9.59 Å². The van der Waals surface area contributed by atoms with Gasteiger partial charge in [-0.05, 0) is 56.6 Å². The molecule has 3 saturated carbocycles. The van der Waals surface area contributed by atoms with Gasteiger partial charge in [-0.25, -0.2) is 9.18 Å². The Hall–Kier alpha value is -1.53. The van der Waals surface area contributed by atoms with E-state index in [-0.39, 0.29) is 18.1 Å². The molecule has 5 nitrogen and oxygen atoms in total. The summed E-state index contributed by atoms with van der Waals surface area (Å²) in [6.07, 6.45) is 4.22. The Bertz CT molecular complexity index is 789. The molecular weight excluding hydrogens is 351 g/mol. The normalized spacial score (nSPS) is 54.0. The molecule has 0 aromatic carbocycles. The highest BCUT2D eigenvalue weighted by Gasteiger charge is 2.76. The summed E-state index contributed by atoms with van der Waals surface area (Å²) in [4.78, 5) is 23.8. The van der Waals surface area contributed by atoms with Gasteiger partial charge in [-0.3, -0.25) is 4.79 Å². The molecule has 0 spiro atoms. The summed E-state index contributed by atoms with van der Waals surface area (Å²) in [5, 5.41) is 31.9. The number of carbonyl (C=O) groups excluding carboxylic acids is 1. The van der Waals surface area contributed by atoms with E-state index in [2.05, 4.69) is 0 Å². The van der Waals surface area contributed by atoms with Crippen LogP contribution in [0.3, 0.4) is 0 Å². The summed E-state index contributed by atoms with van der Waals surface area (Å²) in [6, 6.07) is 0. The Morgan fingerprint density at radius 1 is 1.30 bits per heavy atom. The van der Waals surface area contributed by atoms with Gasteiger partial charge in [-0.1, -0.05) is 25.5 Å². The molecule has 0 aromatic rings. The number of aliphatic hydroxyl groups excluding tert-OH is 1. The van der Waals surface area contributed by atoms with Crippen LogP contribution >= 0.6 is 0 Å². The fourth-order valence-electron chi connectivity index (χ4n) is 7.00. The van der Waals surface area contributed by atoms with Crippen molar-refractivity contribution in [1.29, 1.82) is 0 Å². The largest absolute Gasteiger partial charge is 0.479 e. The van der Waals surface area contributed by atoms with Crippen LogP contribution in [0, 0.1) is 28.6 Å². The number of carboxylic acid groups (broad SMARTS) is 1. The van der Waals surface area contributed by atoms with Crippen molar-refractivity contribution in [2.45, 2.75) is 63.8 Å². The first kappa shape index (κ1) is 18.8. The number of hydrogen-bond acceptors (Lipinski definition) is 4. The number of alkyl halides is 1. The molecule has 3 fully saturated rings. The van der Waals surface area contributed by atoms with Gasteiger partial charge in [-0.15, -0.1) is 0 Å². The minimum absolute atomic E-state index is 0.123. The second-order valence-electron chi connectivity index (χ2n) is 9.47. The number of carbonyl (C=O) groups is 2.